The number of amidine groups is 2. The van der Waals surface area contributed by atoms with Crippen molar-refractivity contribution in [2.45, 2.75) is 6.17 Å². The van der Waals surface area contributed by atoms with Crippen molar-refractivity contribution >= 4 is 77.4 Å². The molecule has 0 fully saturated rings. The molecule has 0 saturated carbocycles. The van der Waals surface area contributed by atoms with E-state index in [9.17, 15) is 0 Å². The Balaban J connectivity index is 1.03. The van der Waals surface area contributed by atoms with Crippen molar-refractivity contribution in [1.82, 2.24) is 9.88 Å². The lowest BCUT2D eigenvalue weighted by atomic mass is 9.98. The van der Waals surface area contributed by atoms with Crippen molar-refractivity contribution in [1.29, 1.82) is 0 Å². The molecule has 8 aromatic carbocycles. The standard InChI is InChI=1S/C51H32N4O2/c1-3-14-31(15-4-1)49-52-50(32-16-5-2-6-17-32)54-51(53-49)38-22-12-26-44-46(38)39-30-33(28-29-43(39)56-44)34-20-11-21-37-47-42(25-13-27-45(47)57-48(34)37)55-40-23-9-7-18-35(40)36-19-8-10-24-41(36)55/h1-30,49H,(H,52,53,54). The molecule has 1 N–H and O–H groups in total. The second-order valence-electron chi connectivity index (χ2n) is 14.5. The lowest BCUT2D eigenvalue weighted by molar-refractivity contribution is 0.667. The number of nitrogens with one attached hydrogen (secondary N) is 1. The predicted octanol–water partition coefficient (Wildman–Crippen LogP) is 12.7. The van der Waals surface area contributed by atoms with Gasteiger partial charge in [-0.05, 0) is 53.6 Å². The fourth-order valence-electron chi connectivity index (χ4n) is 8.73. The minimum atomic E-state index is -0.309. The molecule has 1 aliphatic rings. The van der Waals surface area contributed by atoms with E-state index in [1.54, 1.807) is 0 Å². The molecule has 0 saturated heterocycles. The fourth-order valence-corrected chi connectivity index (χ4v) is 8.73. The number of nitrogens with zero attached hydrogens (tertiary/aromatic N) is 3. The Bertz CT molecular complexity index is 3390. The van der Waals surface area contributed by atoms with Crippen LogP contribution in [0.1, 0.15) is 22.9 Å². The van der Waals surface area contributed by atoms with Gasteiger partial charge in [-0.3, -0.25) is 0 Å². The van der Waals surface area contributed by atoms with E-state index in [4.69, 9.17) is 18.8 Å². The summed E-state index contributed by atoms with van der Waals surface area (Å²) in [5, 5.41) is 10.3. The highest BCUT2D eigenvalue weighted by molar-refractivity contribution is 6.22. The van der Waals surface area contributed by atoms with Gasteiger partial charge in [-0.25, -0.2) is 9.98 Å². The summed E-state index contributed by atoms with van der Waals surface area (Å²) in [6, 6.07) is 63.1. The lowest BCUT2D eigenvalue weighted by Gasteiger charge is -2.24. The van der Waals surface area contributed by atoms with E-state index in [1.807, 2.05) is 48.5 Å². The van der Waals surface area contributed by atoms with Crippen LogP contribution >= 0.6 is 0 Å². The third kappa shape index (κ3) is 4.90. The van der Waals surface area contributed by atoms with Crippen molar-refractivity contribution in [3.8, 4) is 16.8 Å². The third-order valence-corrected chi connectivity index (χ3v) is 11.3. The van der Waals surface area contributed by atoms with E-state index in [-0.39, 0.29) is 6.17 Å². The summed E-state index contributed by atoms with van der Waals surface area (Å²) in [5.74, 6) is 1.42. The molecule has 12 rings (SSSR count). The summed E-state index contributed by atoms with van der Waals surface area (Å²) in [6.07, 6.45) is -0.309. The molecule has 0 spiro atoms. The third-order valence-electron chi connectivity index (χ3n) is 11.3. The molecule has 4 heterocycles. The Hall–Kier alpha value is -7.70. The van der Waals surface area contributed by atoms with E-state index < -0.39 is 0 Å². The number of furan rings is 2. The summed E-state index contributed by atoms with van der Waals surface area (Å²) in [7, 11) is 0. The zero-order valence-electron chi connectivity index (χ0n) is 30.6. The van der Waals surface area contributed by atoms with E-state index in [2.05, 4.69) is 143 Å². The number of hydrogen-bond acceptors (Lipinski definition) is 5. The molecular formula is C51H32N4O2. The van der Waals surface area contributed by atoms with Crippen LogP contribution in [0, 0.1) is 0 Å². The zero-order valence-corrected chi connectivity index (χ0v) is 30.6. The second kappa shape index (κ2) is 12.4. The summed E-state index contributed by atoms with van der Waals surface area (Å²) >= 11 is 0. The number of hydrogen-bond donors (Lipinski definition) is 1. The minimum absolute atomic E-state index is 0.309. The Kier molecular flexibility index (Phi) is 6.89. The van der Waals surface area contributed by atoms with Gasteiger partial charge >= 0.3 is 0 Å². The Morgan fingerprint density at radius 2 is 1.12 bits per heavy atom. The molecule has 0 bridgehead atoms. The number of benzene rings is 8. The Morgan fingerprint density at radius 3 is 1.91 bits per heavy atom. The highest BCUT2D eigenvalue weighted by Crippen LogP contribution is 2.43. The Morgan fingerprint density at radius 1 is 0.474 bits per heavy atom. The number of rotatable bonds is 5. The van der Waals surface area contributed by atoms with Crippen molar-refractivity contribution in [3.05, 3.63) is 199 Å². The van der Waals surface area contributed by atoms with E-state index in [0.29, 0.717) is 5.84 Å². The second-order valence-corrected chi connectivity index (χ2v) is 14.5. The zero-order chi connectivity index (χ0) is 37.5. The average Bonchev–Trinajstić information content (AvgIpc) is 3.96. The van der Waals surface area contributed by atoms with Gasteiger partial charge in [0.15, 0.2) is 5.84 Å². The molecule has 0 radical (unpaired) electrons. The molecule has 268 valence electrons. The first-order valence-electron chi connectivity index (χ1n) is 19.2. The van der Waals surface area contributed by atoms with E-state index >= 15 is 0 Å². The van der Waals surface area contributed by atoms with Crippen LogP contribution < -0.4 is 5.32 Å². The number of aliphatic imine (C=N–C) groups is 2. The van der Waals surface area contributed by atoms with Crippen molar-refractivity contribution in [3.63, 3.8) is 0 Å². The van der Waals surface area contributed by atoms with Crippen LogP contribution in [0.3, 0.4) is 0 Å². The van der Waals surface area contributed by atoms with Crippen LogP contribution in [0.2, 0.25) is 0 Å². The monoisotopic (exact) mass is 732 g/mol. The molecule has 1 aliphatic heterocycles. The molecule has 11 aromatic rings. The van der Waals surface area contributed by atoms with Gasteiger partial charge in [-0.2, -0.15) is 0 Å². The first-order chi connectivity index (χ1) is 28.3. The molecule has 6 heteroatoms. The van der Waals surface area contributed by atoms with Crippen molar-refractivity contribution in [2.75, 3.05) is 0 Å². The molecule has 0 amide bonds. The number of fused-ring (bicyclic) bond motifs is 9. The van der Waals surface area contributed by atoms with Gasteiger partial charge in [0, 0.05) is 43.6 Å². The highest BCUT2D eigenvalue weighted by atomic mass is 16.3. The molecule has 1 unspecified atom stereocenters. The predicted molar refractivity (Wildman–Crippen MR) is 233 cm³/mol. The van der Waals surface area contributed by atoms with Gasteiger partial charge in [-0.15, -0.1) is 0 Å². The molecule has 1 atom stereocenters. The maximum Gasteiger partial charge on any atom is 0.159 e. The van der Waals surface area contributed by atoms with Crippen LogP contribution in [0.25, 0.3) is 82.5 Å². The van der Waals surface area contributed by atoms with Gasteiger partial charge in [0.2, 0.25) is 0 Å². The first-order valence-corrected chi connectivity index (χ1v) is 19.2. The van der Waals surface area contributed by atoms with Crippen LogP contribution in [0.15, 0.2) is 201 Å². The molecule has 3 aromatic heterocycles. The maximum atomic E-state index is 6.83. The van der Waals surface area contributed by atoms with Gasteiger partial charge in [0.1, 0.15) is 34.3 Å². The summed E-state index contributed by atoms with van der Waals surface area (Å²) < 4.78 is 15.7. The SMILES string of the molecule is c1ccc(C2=NC(c3ccccc3)NC(c3cccc4oc5ccc(-c6cccc7c6oc6cccc(-n8c9ccccc9c9ccccc98)c67)cc5c34)=N2)cc1. The van der Waals surface area contributed by atoms with Gasteiger partial charge in [0.25, 0.3) is 0 Å². The summed E-state index contributed by atoms with van der Waals surface area (Å²) in [6.45, 7) is 0. The topological polar surface area (TPSA) is 68.0 Å². The summed E-state index contributed by atoms with van der Waals surface area (Å²) in [4.78, 5) is 10.2. The van der Waals surface area contributed by atoms with Crippen LogP contribution in [-0.4, -0.2) is 16.2 Å². The van der Waals surface area contributed by atoms with Gasteiger partial charge in [-0.1, -0.05) is 140 Å². The molecule has 6 nitrogen and oxygen atoms in total. The first kappa shape index (κ1) is 31.6. The van der Waals surface area contributed by atoms with Gasteiger partial charge in [0.05, 0.1) is 22.1 Å². The number of para-hydroxylation sites is 3. The minimum Gasteiger partial charge on any atom is -0.456 e. The quantitative estimate of drug-likeness (QED) is 0.192. The van der Waals surface area contributed by atoms with Crippen LogP contribution in [0.5, 0.6) is 0 Å². The fraction of sp³-hybridized carbons (Fsp3) is 0.0196. The normalized spacial score (nSPS) is 14.5. The van der Waals surface area contributed by atoms with E-state index in [0.717, 1.165) is 83.2 Å². The van der Waals surface area contributed by atoms with Crippen LogP contribution in [0.4, 0.5) is 0 Å². The molecular weight excluding hydrogens is 701 g/mol. The van der Waals surface area contributed by atoms with Gasteiger partial charge < -0.3 is 18.7 Å². The van der Waals surface area contributed by atoms with Crippen molar-refractivity contribution in [2.24, 2.45) is 9.98 Å². The molecule has 57 heavy (non-hydrogen) atoms. The summed E-state index contributed by atoms with van der Waals surface area (Å²) in [5.41, 5.74) is 11.7. The maximum absolute atomic E-state index is 6.83. The molecule has 0 aliphatic carbocycles. The lowest BCUT2D eigenvalue weighted by Crippen LogP contribution is -2.33. The number of aromatic nitrogens is 1. The largest absolute Gasteiger partial charge is 0.456 e. The average molecular weight is 733 g/mol. The smallest absolute Gasteiger partial charge is 0.159 e. The van der Waals surface area contributed by atoms with E-state index in [1.165, 1.54) is 21.8 Å². The Labute approximate surface area is 326 Å². The van der Waals surface area contributed by atoms with Crippen molar-refractivity contribution < 1.29 is 8.83 Å². The van der Waals surface area contributed by atoms with Crippen LogP contribution in [-0.2, 0) is 0 Å². The highest BCUT2D eigenvalue weighted by Gasteiger charge is 2.25.